The molecule has 28 heavy (non-hydrogen) atoms. The Balaban J connectivity index is 1.59. The molecule has 0 atom stereocenters. The van der Waals surface area contributed by atoms with E-state index in [2.05, 4.69) is 10.6 Å². The molecule has 3 rings (SSSR count). The molecule has 2 aromatic carbocycles. The minimum absolute atomic E-state index is 0.0145. The van der Waals surface area contributed by atoms with Crippen molar-refractivity contribution in [1.82, 2.24) is 10.6 Å². The average Bonchev–Trinajstić information content (AvgIpc) is 2.65. The SMILES string of the molecule is CS(=O)(=O)Cc1cccc(C(=O)NCc2ccc(N3CCNC(=O)C3)cc2)c1. The van der Waals surface area contributed by atoms with Crippen LogP contribution in [-0.4, -0.2) is 46.1 Å². The van der Waals surface area contributed by atoms with Gasteiger partial charge in [0.2, 0.25) is 5.91 Å². The van der Waals surface area contributed by atoms with E-state index in [0.29, 0.717) is 30.8 Å². The van der Waals surface area contributed by atoms with Crippen LogP contribution in [-0.2, 0) is 26.9 Å². The number of anilines is 1. The second kappa shape index (κ2) is 8.43. The lowest BCUT2D eigenvalue weighted by Gasteiger charge is -2.28. The predicted octanol–water partition coefficient (Wildman–Crippen LogP) is 1.10. The molecule has 2 aromatic rings. The number of sulfone groups is 1. The van der Waals surface area contributed by atoms with E-state index in [1.165, 1.54) is 6.26 Å². The Morgan fingerprint density at radius 2 is 1.89 bits per heavy atom. The quantitative estimate of drug-likeness (QED) is 0.756. The lowest BCUT2D eigenvalue weighted by atomic mass is 10.1. The fourth-order valence-electron chi connectivity index (χ4n) is 3.07. The van der Waals surface area contributed by atoms with Crippen LogP contribution in [0.15, 0.2) is 48.5 Å². The van der Waals surface area contributed by atoms with Crippen molar-refractivity contribution in [2.45, 2.75) is 12.3 Å². The van der Waals surface area contributed by atoms with Crippen LogP contribution in [0.5, 0.6) is 0 Å². The molecule has 1 aliphatic heterocycles. The highest BCUT2D eigenvalue weighted by Crippen LogP contribution is 2.16. The third kappa shape index (κ3) is 5.56. The number of carbonyl (C=O) groups is 2. The maximum Gasteiger partial charge on any atom is 0.251 e. The summed E-state index contributed by atoms with van der Waals surface area (Å²) in [6.45, 7) is 2.11. The Morgan fingerprint density at radius 1 is 1.14 bits per heavy atom. The monoisotopic (exact) mass is 401 g/mol. The second-order valence-corrected chi connectivity index (χ2v) is 9.03. The number of amides is 2. The molecule has 8 heteroatoms. The van der Waals surface area contributed by atoms with Crippen LogP contribution in [0.2, 0.25) is 0 Å². The molecule has 0 bridgehead atoms. The van der Waals surface area contributed by atoms with Crippen LogP contribution in [0.1, 0.15) is 21.5 Å². The van der Waals surface area contributed by atoms with Gasteiger partial charge >= 0.3 is 0 Å². The maximum absolute atomic E-state index is 12.4. The third-order valence-corrected chi connectivity index (χ3v) is 5.27. The van der Waals surface area contributed by atoms with Gasteiger partial charge in [0.05, 0.1) is 12.3 Å². The molecule has 0 saturated carbocycles. The van der Waals surface area contributed by atoms with Crippen molar-refractivity contribution in [1.29, 1.82) is 0 Å². The summed E-state index contributed by atoms with van der Waals surface area (Å²) >= 11 is 0. The molecule has 1 fully saturated rings. The summed E-state index contributed by atoms with van der Waals surface area (Å²) in [5, 5.41) is 5.64. The molecule has 2 N–H and O–H groups in total. The summed E-state index contributed by atoms with van der Waals surface area (Å²) in [6, 6.07) is 14.3. The molecule has 1 heterocycles. The van der Waals surface area contributed by atoms with Gasteiger partial charge in [0.15, 0.2) is 9.84 Å². The molecular formula is C20H23N3O4S. The van der Waals surface area contributed by atoms with Gasteiger partial charge in [0.1, 0.15) is 0 Å². The first-order valence-electron chi connectivity index (χ1n) is 8.96. The van der Waals surface area contributed by atoms with Crippen molar-refractivity contribution >= 4 is 27.3 Å². The molecule has 0 aliphatic carbocycles. The Bertz CT molecular complexity index is 971. The van der Waals surface area contributed by atoms with Gasteiger partial charge in [-0.05, 0) is 35.4 Å². The molecule has 1 aliphatic rings. The van der Waals surface area contributed by atoms with Gasteiger partial charge in [-0.3, -0.25) is 9.59 Å². The van der Waals surface area contributed by atoms with Crippen LogP contribution >= 0.6 is 0 Å². The molecule has 1 saturated heterocycles. The van der Waals surface area contributed by atoms with Gasteiger partial charge in [-0.2, -0.15) is 0 Å². The minimum Gasteiger partial charge on any atom is -0.360 e. The Hall–Kier alpha value is -2.87. The smallest absolute Gasteiger partial charge is 0.251 e. The Kier molecular flexibility index (Phi) is 5.99. The summed E-state index contributed by atoms with van der Waals surface area (Å²) < 4.78 is 22.9. The van der Waals surface area contributed by atoms with Gasteiger partial charge in [-0.15, -0.1) is 0 Å². The van der Waals surface area contributed by atoms with Crippen LogP contribution in [0, 0.1) is 0 Å². The van der Waals surface area contributed by atoms with Gasteiger partial charge in [0, 0.05) is 37.1 Å². The highest BCUT2D eigenvalue weighted by molar-refractivity contribution is 7.89. The van der Waals surface area contributed by atoms with Crippen molar-refractivity contribution in [3.8, 4) is 0 Å². The largest absolute Gasteiger partial charge is 0.360 e. The maximum atomic E-state index is 12.4. The number of nitrogens with one attached hydrogen (secondary N) is 2. The van der Waals surface area contributed by atoms with Crippen molar-refractivity contribution in [3.63, 3.8) is 0 Å². The molecule has 148 valence electrons. The summed E-state index contributed by atoms with van der Waals surface area (Å²) in [5.74, 6) is -0.336. The normalized spacial score (nSPS) is 14.5. The Morgan fingerprint density at radius 3 is 2.57 bits per heavy atom. The average molecular weight is 401 g/mol. The summed E-state index contributed by atoms with van der Waals surface area (Å²) in [6.07, 6.45) is 1.17. The summed E-state index contributed by atoms with van der Waals surface area (Å²) in [5.41, 5.74) is 2.92. The van der Waals surface area contributed by atoms with E-state index in [0.717, 1.165) is 17.8 Å². The van der Waals surface area contributed by atoms with E-state index in [9.17, 15) is 18.0 Å². The van der Waals surface area contributed by atoms with Crippen LogP contribution in [0.4, 0.5) is 5.69 Å². The fourth-order valence-corrected chi connectivity index (χ4v) is 3.86. The van der Waals surface area contributed by atoms with E-state index in [-0.39, 0.29) is 17.6 Å². The molecule has 0 aromatic heterocycles. The first-order valence-corrected chi connectivity index (χ1v) is 11.0. The molecular weight excluding hydrogens is 378 g/mol. The van der Waals surface area contributed by atoms with E-state index < -0.39 is 9.84 Å². The standard InChI is InChI=1S/C20H23N3O4S/c1-28(26,27)14-16-3-2-4-17(11-16)20(25)22-12-15-5-7-18(8-6-15)23-10-9-21-19(24)13-23/h2-8,11H,9-10,12-14H2,1H3,(H,21,24)(H,22,25). The molecule has 0 spiro atoms. The van der Waals surface area contributed by atoms with Gasteiger partial charge in [0.25, 0.3) is 5.91 Å². The second-order valence-electron chi connectivity index (χ2n) is 6.89. The zero-order valence-electron chi connectivity index (χ0n) is 15.6. The van der Waals surface area contributed by atoms with E-state index in [4.69, 9.17) is 0 Å². The summed E-state index contributed by atoms with van der Waals surface area (Å²) in [4.78, 5) is 25.9. The molecule has 7 nitrogen and oxygen atoms in total. The number of nitrogens with zero attached hydrogens (tertiary/aromatic N) is 1. The molecule has 2 amide bonds. The van der Waals surface area contributed by atoms with Crippen molar-refractivity contribution < 1.29 is 18.0 Å². The van der Waals surface area contributed by atoms with E-state index in [1.807, 2.05) is 29.2 Å². The number of carbonyl (C=O) groups excluding carboxylic acids is 2. The topological polar surface area (TPSA) is 95.6 Å². The van der Waals surface area contributed by atoms with Crippen LogP contribution in [0.3, 0.4) is 0 Å². The van der Waals surface area contributed by atoms with E-state index >= 15 is 0 Å². The number of hydrogen-bond donors (Lipinski definition) is 2. The lowest BCUT2D eigenvalue weighted by Crippen LogP contribution is -2.47. The zero-order valence-corrected chi connectivity index (χ0v) is 16.5. The first kappa shape index (κ1) is 19.9. The first-order chi connectivity index (χ1) is 13.3. The van der Waals surface area contributed by atoms with Crippen LogP contribution < -0.4 is 15.5 Å². The Labute approximate surface area is 164 Å². The third-order valence-electron chi connectivity index (χ3n) is 4.41. The van der Waals surface area contributed by atoms with E-state index in [1.54, 1.807) is 24.3 Å². The van der Waals surface area contributed by atoms with Crippen LogP contribution in [0.25, 0.3) is 0 Å². The van der Waals surface area contributed by atoms with Gasteiger partial charge < -0.3 is 15.5 Å². The molecule has 0 radical (unpaired) electrons. The fraction of sp³-hybridized carbons (Fsp3) is 0.300. The highest BCUT2D eigenvalue weighted by Gasteiger charge is 2.16. The molecule has 0 unspecified atom stereocenters. The zero-order chi connectivity index (χ0) is 20.1. The van der Waals surface area contributed by atoms with Crippen molar-refractivity contribution in [2.75, 3.05) is 30.8 Å². The van der Waals surface area contributed by atoms with Crippen molar-refractivity contribution in [3.05, 3.63) is 65.2 Å². The summed E-state index contributed by atoms with van der Waals surface area (Å²) in [7, 11) is -3.15. The van der Waals surface area contributed by atoms with Gasteiger partial charge in [-0.25, -0.2) is 8.42 Å². The minimum atomic E-state index is -3.15. The number of hydrogen-bond acceptors (Lipinski definition) is 5. The lowest BCUT2D eigenvalue weighted by molar-refractivity contribution is -0.120. The van der Waals surface area contributed by atoms with Gasteiger partial charge in [-0.1, -0.05) is 24.3 Å². The number of piperazine rings is 1. The number of rotatable bonds is 6. The number of benzene rings is 2. The highest BCUT2D eigenvalue weighted by atomic mass is 32.2. The predicted molar refractivity (Wildman–Crippen MR) is 108 cm³/mol. The van der Waals surface area contributed by atoms with Crippen molar-refractivity contribution in [2.24, 2.45) is 0 Å².